The Labute approximate surface area is 205 Å². The normalized spacial score (nSPS) is 16.2. The molecule has 5 rings (SSSR count). The smallest absolute Gasteiger partial charge is 0.413 e. The zero-order chi connectivity index (χ0) is 25.4. The highest BCUT2D eigenvalue weighted by Gasteiger charge is 2.22. The number of amides is 1. The second kappa shape index (κ2) is 9.34. The van der Waals surface area contributed by atoms with Crippen LogP contribution in [0.2, 0.25) is 0 Å². The van der Waals surface area contributed by atoms with Gasteiger partial charge in [-0.15, -0.1) is 0 Å². The first-order valence-electron chi connectivity index (χ1n) is 11.7. The number of hydrogen-bond donors (Lipinski definition) is 3. The van der Waals surface area contributed by atoms with Crippen molar-refractivity contribution in [3.8, 4) is 22.9 Å². The molecule has 12 heteroatoms. The van der Waals surface area contributed by atoms with Crippen molar-refractivity contribution < 1.29 is 23.0 Å². The van der Waals surface area contributed by atoms with Crippen LogP contribution in [0.1, 0.15) is 27.2 Å². The number of carbonyl (C=O) groups is 1. The molecular formula is C24H27F2N7O3. The van der Waals surface area contributed by atoms with Gasteiger partial charge >= 0.3 is 12.7 Å². The summed E-state index contributed by atoms with van der Waals surface area (Å²) in [5.41, 5.74) is 1.95. The molecule has 4 aromatic rings. The number of ether oxygens (including phenoxy) is 2. The highest BCUT2D eigenvalue weighted by atomic mass is 19.3. The predicted molar refractivity (Wildman–Crippen MR) is 129 cm³/mol. The maximum Gasteiger partial charge on any atom is 0.413 e. The molecule has 1 fully saturated rings. The minimum absolute atomic E-state index is 0.0272. The van der Waals surface area contributed by atoms with E-state index in [2.05, 4.69) is 30.3 Å². The Morgan fingerprint density at radius 1 is 1.33 bits per heavy atom. The Morgan fingerprint density at radius 3 is 2.89 bits per heavy atom. The summed E-state index contributed by atoms with van der Waals surface area (Å²) >= 11 is 0. The third-order valence-electron chi connectivity index (χ3n) is 5.81. The first-order valence-corrected chi connectivity index (χ1v) is 11.7. The first-order chi connectivity index (χ1) is 17.2. The van der Waals surface area contributed by atoms with Gasteiger partial charge < -0.3 is 25.1 Å². The molecule has 0 radical (unpaired) electrons. The minimum atomic E-state index is -2.94. The molecule has 4 heterocycles. The monoisotopic (exact) mass is 499 g/mol. The average Bonchev–Trinajstić information content (AvgIpc) is 3.52. The fourth-order valence-electron chi connectivity index (χ4n) is 4.27. The Hall–Kier alpha value is -3.80. The van der Waals surface area contributed by atoms with E-state index in [4.69, 9.17) is 9.84 Å². The molecule has 1 atom stereocenters. The van der Waals surface area contributed by atoms with E-state index < -0.39 is 18.2 Å². The van der Waals surface area contributed by atoms with Crippen LogP contribution in [0.5, 0.6) is 11.5 Å². The third-order valence-corrected chi connectivity index (χ3v) is 5.81. The fraction of sp³-hybridized carbons (Fsp3) is 0.417. The first kappa shape index (κ1) is 23.9. The molecule has 190 valence electrons. The molecule has 3 N–H and O–H groups in total. The molecule has 1 aromatic carbocycles. The number of benzene rings is 1. The van der Waals surface area contributed by atoms with Gasteiger partial charge in [0.25, 0.3) is 0 Å². The van der Waals surface area contributed by atoms with Gasteiger partial charge in [-0.05, 0) is 64.4 Å². The summed E-state index contributed by atoms with van der Waals surface area (Å²) in [5, 5.41) is 11.5. The molecular weight excluding hydrogens is 472 g/mol. The van der Waals surface area contributed by atoms with Crippen molar-refractivity contribution in [2.24, 2.45) is 5.92 Å². The Morgan fingerprint density at radius 2 is 2.17 bits per heavy atom. The summed E-state index contributed by atoms with van der Waals surface area (Å²) in [4.78, 5) is 24.3. The topological polar surface area (TPSA) is 119 Å². The number of nitrogens with one attached hydrogen (secondary N) is 3. The van der Waals surface area contributed by atoms with Crippen LogP contribution in [0.15, 0.2) is 30.6 Å². The molecule has 1 amide bonds. The van der Waals surface area contributed by atoms with E-state index in [1.807, 2.05) is 25.5 Å². The predicted octanol–water partition coefficient (Wildman–Crippen LogP) is 4.07. The zero-order valence-corrected chi connectivity index (χ0v) is 20.1. The molecule has 0 saturated carbocycles. The maximum absolute atomic E-state index is 12.9. The lowest BCUT2D eigenvalue weighted by Crippen LogP contribution is -2.42. The fourth-order valence-corrected chi connectivity index (χ4v) is 4.27. The third kappa shape index (κ3) is 5.08. The number of halogens is 2. The largest absolute Gasteiger partial charge is 0.435 e. The number of carbonyl (C=O) groups excluding carboxylic acids is 1. The molecule has 1 aliphatic heterocycles. The quantitative estimate of drug-likeness (QED) is 0.366. The van der Waals surface area contributed by atoms with Crippen molar-refractivity contribution in [1.29, 1.82) is 0 Å². The minimum Gasteiger partial charge on any atom is -0.435 e. The molecule has 1 unspecified atom stereocenters. The number of rotatable bonds is 6. The van der Waals surface area contributed by atoms with Gasteiger partial charge in [0.05, 0.1) is 11.7 Å². The van der Waals surface area contributed by atoms with Crippen LogP contribution in [0.25, 0.3) is 33.5 Å². The number of aromatic amines is 1. The average molecular weight is 500 g/mol. The van der Waals surface area contributed by atoms with Crippen molar-refractivity contribution in [2.45, 2.75) is 45.9 Å². The van der Waals surface area contributed by atoms with Crippen LogP contribution in [-0.4, -0.2) is 56.1 Å². The van der Waals surface area contributed by atoms with Crippen molar-refractivity contribution in [2.75, 3.05) is 13.1 Å². The lowest BCUT2D eigenvalue weighted by molar-refractivity contribution is -0.0497. The highest BCUT2D eigenvalue weighted by Crippen LogP contribution is 2.33. The van der Waals surface area contributed by atoms with Crippen LogP contribution >= 0.6 is 0 Å². The second-order valence-electron chi connectivity index (χ2n) is 9.82. The van der Waals surface area contributed by atoms with Crippen molar-refractivity contribution in [3.63, 3.8) is 0 Å². The molecule has 0 bridgehead atoms. The van der Waals surface area contributed by atoms with E-state index in [1.54, 1.807) is 12.3 Å². The number of alkyl halides is 2. The molecule has 1 aliphatic rings. The summed E-state index contributed by atoms with van der Waals surface area (Å²) in [6.45, 7) is 5.09. The molecule has 36 heavy (non-hydrogen) atoms. The van der Waals surface area contributed by atoms with E-state index in [1.165, 1.54) is 18.3 Å². The summed E-state index contributed by atoms with van der Waals surface area (Å²) in [7, 11) is 0. The van der Waals surface area contributed by atoms with Crippen molar-refractivity contribution >= 4 is 28.2 Å². The van der Waals surface area contributed by atoms with Crippen molar-refractivity contribution in [1.82, 2.24) is 35.4 Å². The summed E-state index contributed by atoms with van der Waals surface area (Å²) < 4.78 is 37.7. The number of aromatic nitrogens is 5. The maximum atomic E-state index is 12.9. The molecule has 10 nitrogen and oxygen atoms in total. The second-order valence-corrected chi connectivity index (χ2v) is 9.82. The Balaban J connectivity index is 1.55. The van der Waals surface area contributed by atoms with Gasteiger partial charge in [-0.2, -0.15) is 13.9 Å². The summed E-state index contributed by atoms with van der Waals surface area (Å²) in [5.74, 6) is 0.639. The number of H-pyrrole nitrogens is 1. The van der Waals surface area contributed by atoms with Gasteiger partial charge in [-0.3, -0.25) is 4.68 Å². The molecule has 3 aromatic heterocycles. The van der Waals surface area contributed by atoms with Crippen LogP contribution in [0.4, 0.5) is 13.6 Å². The van der Waals surface area contributed by atoms with Crippen LogP contribution < -0.4 is 20.1 Å². The highest BCUT2D eigenvalue weighted by molar-refractivity contribution is 5.94. The Kier molecular flexibility index (Phi) is 6.20. The van der Waals surface area contributed by atoms with E-state index in [0.29, 0.717) is 40.4 Å². The van der Waals surface area contributed by atoms with Gasteiger partial charge in [0, 0.05) is 23.7 Å². The lowest BCUT2D eigenvalue weighted by Gasteiger charge is -2.19. The van der Waals surface area contributed by atoms with Crippen LogP contribution in [0, 0.1) is 5.92 Å². The SMILES string of the molecule is CC(C)(C)NC(=O)Oc1c[nH]c2ncc(-c3nn(CC4CCNC4)c4ccc(OC(F)F)cc34)nc12. The van der Waals surface area contributed by atoms with Gasteiger partial charge in [-0.1, -0.05) is 0 Å². The Bertz CT molecular complexity index is 1400. The number of hydrogen-bond acceptors (Lipinski definition) is 7. The van der Waals surface area contributed by atoms with E-state index >= 15 is 0 Å². The zero-order valence-electron chi connectivity index (χ0n) is 20.1. The summed E-state index contributed by atoms with van der Waals surface area (Å²) in [6, 6.07) is 4.76. The van der Waals surface area contributed by atoms with Crippen LogP contribution in [-0.2, 0) is 6.54 Å². The van der Waals surface area contributed by atoms with E-state index in [0.717, 1.165) is 25.0 Å². The molecule has 0 spiro atoms. The van der Waals surface area contributed by atoms with Gasteiger partial charge in [0.2, 0.25) is 0 Å². The van der Waals surface area contributed by atoms with Gasteiger partial charge in [0.15, 0.2) is 16.9 Å². The molecule has 0 aliphatic carbocycles. The lowest BCUT2D eigenvalue weighted by atomic mass is 10.1. The number of nitrogens with zero attached hydrogens (tertiary/aromatic N) is 4. The van der Waals surface area contributed by atoms with Crippen LogP contribution in [0.3, 0.4) is 0 Å². The van der Waals surface area contributed by atoms with E-state index in [-0.39, 0.29) is 11.5 Å². The van der Waals surface area contributed by atoms with E-state index in [9.17, 15) is 13.6 Å². The molecule has 1 saturated heterocycles. The van der Waals surface area contributed by atoms with Gasteiger partial charge in [0.1, 0.15) is 17.1 Å². The van der Waals surface area contributed by atoms with Gasteiger partial charge in [-0.25, -0.2) is 14.8 Å². The number of fused-ring (bicyclic) bond motifs is 2. The summed E-state index contributed by atoms with van der Waals surface area (Å²) in [6.07, 6.45) is 3.45. The van der Waals surface area contributed by atoms with Crippen molar-refractivity contribution in [3.05, 3.63) is 30.6 Å². The standard InChI is InChI=1S/C24H27F2N7O3/c1-24(2,3)31-23(34)36-18-11-29-21-20(18)30-16(10-28-21)19-15-8-14(35-22(25)26)4-5-17(15)33(32-19)12-13-6-7-27-9-13/h4-5,8,10-11,13,22,27H,6-7,9,12H2,1-3H3,(H,28,29)(H,31,34).